The minimum Gasteiger partial charge on any atom is -0.0887 e. The Bertz CT molecular complexity index is 197. The standard InChI is InChI=1S/C12H19Br/c1-2-3-4-12(13)11-8-9-5-6-10(11)7-9/h5-6,9-12H,2-4,7-8H2,1H3. The molecule has 2 bridgehead atoms. The number of rotatable bonds is 4. The maximum Gasteiger partial charge on any atom is 0.0179 e. The van der Waals surface area contributed by atoms with Crippen LogP contribution in [-0.2, 0) is 0 Å². The van der Waals surface area contributed by atoms with Gasteiger partial charge in [0.25, 0.3) is 0 Å². The molecule has 1 fully saturated rings. The molecule has 4 atom stereocenters. The summed E-state index contributed by atoms with van der Waals surface area (Å²) in [7, 11) is 0. The van der Waals surface area contributed by atoms with Crippen LogP contribution in [0.25, 0.3) is 0 Å². The third kappa shape index (κ3) is 2.01. The van der Waals surface area contributed by atoms with Crippen LogP contribution in [0.3, 0.4) is 0 Å². The number of alkyl halides is 1. The van der Waals surface area contributed by atoms with Crippen molar-refractivity contribution >= 4 is 15.9 Å². The Morgan fingerprint density at radius 2 is 2.23 bits per heavy atom. The summed E-state index contributed by atoms with van der Waals surface area (Å²) in [6.07, 6.45) is 11.9. The van der Waals surface area contributed by atoms with E-state index in [0.717, 1.165) is 22.6 Å². The Morgan fingerprint density at radius 1 is 1.38 bits per heavy atom. The van der Waals surface area contributed by atoms with Gasteiger partial charge in [0.1, 0.15) is 0 Å². The Morgan fingerprint density at radius 3 is 2.77 bits per heavy atom. The summed E-state index contributed by atoms with van der Waals surface area (Å²) in [5, 5.41) is 0. The van der Waals surface area contributed by atoms with E-state index in [4.69, 9.17) is 0 Å². The Kier molecular flexibility index (Phi) is 3.13. The van der Waals surface area contributed by atoms with Crippen LogP contribution in [0.5, 0.6) is 0 Å². The number of unbranched alkanes of at least 4 members (excludes halogenated alkanes) is 1. The lowest BCUT2D eigenvalue weighted by molar-refractivity contribution is 0.415. The molecule has 2 aliphatic rings. The quantitative estimate of drug-likeness (QED) is 0.514. The van der Waals surface area contributed by atoms with E-state index in [1.807, 2.05) is 0 Å². The van der Waals surface area contributed by atoms with E-state index in [0.29, 0.717) is 0 Å². The van der Waals surface area contributed by atoms with Gasteiger partial charge in [-0.3, -0.25) is 0 Å². The van der Waals surface area contributed by atoms with Gasteiger partial charge >= 0.3 is 0 Å². The first kappa shape index (κ1) is 9.76. The lowest BCUT2D eigenvalue weighted by Crippen LogP contribution is -2.18. The lowest BCUT2D eigenvalue weighted by Gasteiger charge is -2.23. The summed E-state index contributed by atoms with van der Waals surface area (Å²) >= 11 is 3.87. The molecule has 0 spiro atoms. The predicted molar refractivity (Wildman–Crippen MR) is 61.1 cm³/mol. The number of fused-ring (bicyclic) bond motifs is 2. The highest BCUT2D eigenvalue weighted by molar-refractivity contribution is 9.09. The van der Waals surface area contributed by atoms with E-state index >= 15 is 0 Å². The van der Waals surface area contributed by atoms with Gasteiger partial charge in [-0.05, 0) is 37.0 Å². The van der Waals surface area contributed by atoms with Crippen LogP contribution in [0.1, 0.15) is 39.0 Å². The fourth-order valence-corrected chi connectivity index (χ4v) is 3.78. The Hall–Kier alpha value is 0.220. The zero-order chi connectivity index (χ0) is 9.26. The van der Waals surface area contributed by atoms with Gasteiger partial charge in [-0.2, -0.15) is 0 Å². The summed E-state index contributed by atoms with van der Waals surface area (Å²) in [6.45, 7) is 2.28. The van der Waals surface area contributed by atoms with Crippen molar-refractivity contribution in [3.05, 3.63) is 12.2 Å². The van der Waals surface area contributed by atoms with E-state index in [9.17, 15) is 0 Å². The Labute approximate surface area is 89.9 Å². The molecule has 0 amide bonds. The number of allylic oxidation sites excluding steroid dienone is 2. The normalized spacial score (nSPS) is 38.5. The summed E-state index contributed by atoms with van der Waals surface area (Å²) in [4.78, 5) is 0.785. The average Bonchev–Trinajstić information content (AvgIpc) is 2.74. The molecule has 2 rings (SSSR count). The van der Waals surface area contributed by atoms with Gasteiger partial charge in [0.2, 0.25) is 0 Å². The molecule has 0 N–H and O–H groups in total. The third-order valence-electron chi connectivity index (χ3n) is 3.63. The molecule has 0 aromatic rings. The number of hydrogen-bond acceptors (Lipinski definition) is 0. The van der Waals surface area contributed by atoms with Crippen molar-refractivity contribution in [3.63, 3.8) is 0 Å². The maximum absolute atomic E-state index is 3.87. The van der Waals surface area contributed by atoms with Crippen LogP contribution < -0.4 is 0 Å². The molecule has 74 valence electrons. The first-order chi connectivity index (χ1) is 6.31. The van der Waals surface area contributed by atoms with Crippen LogP contribution >= 0.6 is 15.9 Å². The van der Waals surface area contributed by atoms with Crippen molar-refractivity contribution in [2.45, 2.75) is 43.9 Å². The van der Waals surface area contributed by atoms with Crippen LogP contribution in [0.2, 0.25) is 0 Å². The van der Waals surface area contributed by atoms with Crippen LogP contribution in [0, 0.1) is 17.8 Å². The van der Waals surface area contributed by atoms with Crippen molar-refractivity contribution < 1.29 is 0 Å². The van der Waals surface area contributed by atoms with E-state index in [-0.39, 0.29) is 0 Å². The van der Waals surface area contributed by atoms with Gasteiger partial charge in [-0.15, -0.1) is 0 Å². The second-order valence-electron chi connectivity index (χ2n) is 4.60. The highest BCUT2D eigenvalue weighted by Gasteiger charge is 2.38. The summed E-state index contributed by atoms with van der Waals surface area (Å²) in [6, 6.07) is 0. The third-order valence-corrected chi connectivity index (χ3v) is 4.77. The minimum atomic E-state index is 0.785. The summed E-state index contributed by atoms with van der Waals surface area (Å²) in [5.41, 5.74) is 0. The summed E-state index contributed by atoms with van der Waals surface area (Å²) < 4.78 is 0. The molecule has 13 heavy (non-hydrogen) atoms. The maximum atomic E-state index is 3.87. The fraction of sp³-hybridized carbons (Fsp3) is 0.833. The Balaban J connectivity index is 1.84. The van der Waals surface area contributed by atoms with Gasteiger partial charge < -0.3 is 0 Å². The van der Waals surface area contributed by atoms with Crippen molar-refractivity contribution in [1.29, 1.82) is 0 Å². The van der Waals surface area contributed by atoms with Gasteiger partial charge in [0.15, 0.2) is 0 Å². The monoisotopic (exact) mass is 242 g/mol. The van der Waals surface area contributed by atoms with Crippen molar-refractivity contribution in [3.8, 4) is 0 Å². The average molecular weight is 243 g/mol. The largest absolute Gasteiger partial charge is 0.0887 e. The lowest BCUT2D eigenvalue weighted by atomic mass is 9.88. The fourth-order valence-electron chi connectivity index (χ4n) is 2.85. The van der Waals surface area contributed by atoms with Crippen molar-refractivity contribution in [2.24, 2.45) is 17.8 Å². The molecule has 1 heteroatoms. The van der Waals surface area contributed by atoms with Gasteiger partial charge in [0, 0.05) is 4.83 Å². The first-order valence-corrected chi connectivity index (χ1v) is 6.55. The molecule has 2 aliphatic carbocycles. The van der Waals surface area contributed by atoms with E-state index in [2.05, 4.69) is 35.0 Å². The minimum absolute atomic E-state index is 0.785. The first-order valence-electron chi connectivity index (χ1n) is 5.63. The van der Waals surface area contributed by atoms with E-state index in [1.54, 1.807) is 0 Å². The van der Waals surface area contributed by atoms with Crippen LogP contribution in [-0.4, -0.2) is 4.83 Å². The van der Waals surface area contributed by atoms with Gasteiger partial charge in [-0.25, -0.2) is 0 Å². The predicted octanol–water partition coefficient (Wildman–Crippen LogP) is 4.15. The zero-order valence-electron chi connectivity index (χ0n) is 8.38. The highest BCUT2D eigenvalue weighted by Crippen LogP contribution is 2.47. The smallest absolute Gasteiger partial charge is 0.0179 e. The summed E-state index contributed by atoms with van der Waals surface area (Å²) in [5.74, 6) is 2.78. The van der Waals surface area contributed by atoms with Crippen LogP contribution in [0.15, 0.2) is 12.2 Å². The topological polar surface area (TPSA) is 0 Å². The van der Waals surface area contributed by atoms with E-state index < -0.39 is 0 Å². The molecule has 0 aromatic carbocycles. The molecular formula is C12H19Br. The molecule has 0 aliphatic heterocycles. The van der Waals surface area contributed by atoms with E-state index in [1.165, 1.54) is 32.1 Å². The second kappa shape index (κ2) is 4.16. The molecule has 0 aromatic heterocycles. The van der Waals surface area contributed by atoms with Gasteiger partial charge in [0.05, 0.1) is 0 Å². The molecule has 1 saturated carbocycles. The van der Waals surface area contributed by atoms with Crippen LogP contribution in [0.4, 0.5) is 0 Å². The molecule has 0 saturated heterocycles. The molecule has 0 heterocycles. The molecule has 4 unspecified atom stereocenters. The second-order valence-corrected chi connectivity index (χ2v) is 5.78. The van der Waals surface area contributed by atoms with Crippen molar-refractivity contribution in [1.82, 2.24) is 0 Å². The number of hydrogen-bond donors (Lipinski definition) is 0. The number of halogens is 1. The highest BCUT2D eigenvalue weighted by atomic mass is 79.9. The molecular weight excluding hydrogens is 224 g/mol. The van der Waals surface area contributed by atoms with Gasteiger partial charge in [-0.1, -0.05) is 47.8 Å². The molecule has 0 radical (unpaired) electrons. The SMILES string of the molecule is CCCCC(Br)C1CC2C=CC1C2. The molecule has 0 nitrogen and oxygen atoms in total. The zero-order valence-corrected chi connectivity index (χ0v) is 9.96. The van der Waals surface area contributed by atoms with Crippen molar-refractivity contribution in [2.75, 3.05) is 0 Å².